The Morgan fingerprint density at radius 2 is 1.94 bits per heavy atom. The fraction of sp³-hybridized carbons (Fsp3) is 0.923. The van der Waals surface area contributed by atoms with Crippen LogP contribution in [0.3, 0.4) is 0 Å². The molecule has 0 aromatic heterocycles. The number of carbonyl (C=O) groups is 1. The van der Waals surface area contributed by atoms with Crippen LogP contribution in [-0.2, 0) is 4.79 Å². The highest BCUT2D eigenvalue weighted by atomic mass is 16.2. The van der Waals surface area contributed by atoms with Crippen LogP contribution >= 0.6 is 0 Å². The lowest BCUT2D eigenvalue weighted by Gasteiger charge is -2.15. The smallest absolute Gasteiger partial charge is 0.222 e. The van der Waals surface area contributed by atoms with Crippen molar-refractivity contribution >= 4 is 5.91 Å². The molecular formula is C13H26N2O. The standard InChI is InChI=1S/C13H26N2O/c1-2-3-4-5-6-7-8-13(16)15-10-9-12(14)11-15/h12H,2-11,14H2,1H3/t12-/m1/s1. The van der Waals surface area contributed by atoms with E-state index in [1.165, 1.54) is 32.1 Å². The molecule has 1 amide bonds. The topological polar surface area (TPSA) is 46.3 Å². The molecule has 1 heterocycles. The van der Waals surface area contributed by atoms with E-state index >= 15 is 0 Å². The molecule has 1 atom stereocenters. The van der Waals surface area contributed by atoms with E-state index in [-0.39, 0.29) is 6.04 Å². The molecule has 2 N–H and O–H groups in total. The van der Waals surface area contributed by atoms with E-state index < -0.39 is 0 Å². The molecule has 1 fully saturated rings. The summed E-state index contributed by atoms with van der Waals surface area (Å²) in [7, 11) is 0. The Kier molecular flexibility index (Phi) is 6.46. The van der Waals surface area contributed by atoms with Crippen LogP contribution in [0.2, 0.25) is 0 Å². The number of hydrogen-bond acceptors (Lipinski definition) is 2. The van der Waals surface area contributed by atoms with E-state index in [1.54, 1.807) is 0 Å². The van der Waals surface area contributed by atoms with Gasteiger partial charge in [-0.15, -0.1) is 0 Å². The zero-order valence-electron chi connectivity index (χ0n) is 10.6. The van der Waals surface area contributed by atoms with Crippen LogP contribution in [0.1, 0.15) is 58.3 Å². The van der Waals surface area contributed by atoms with Gasteiger partial charge < -0.3 is 10.6 Å². The van der Waals surface area contributed by atoms with Gasteiger partial charge in [0.15, 0.2) is 0 Å². The molecule has 1 rings (SSSR count). The van der Waals surface area contributed by atoms with Crippen molar-refractivity contribution in [2.24, 2.45) is 5.73 Å². The monoisotopic (exact) mass is 226 g/mol. The van der Waals surface area contributed by atoms with E-state index in [2.05, 4.69) is 6.92 Å². The molecule has 0 bridgehead atoms. The minimum Gasteiger partial charge on any atom is -0.341 e. The zero-order valence-corrected chi connectivity index (χ0v) is 10.6. The summed E-state index contributed by atoms with van der Waals surface area (Å²) in [6.45, 7) is 3.87. The summed E-state index contributed by atoms with van der Waals surface area (Å²) >= 11 is 0. The molecule has 0 aromatic carbocycles. The summed E-state index contributed by atoms with van der Waals surface area (Å²) in [6, 6.07) is 0.216. The van der Waals surface area contributed by atoms with Gasteiger partial charge >= 0.3 is 0 Å². The van der Waals surface area contributed by atoms with Gasteiger partial charge in [-0.3, -0.25) is 4.79 Å². The van der Waals surface area contributed by atoms with Crippen LogP contribution in [0.25, 0.3) is 0 Å². The predicted molar refractivity (Wildman–Crippen MR) is 67.2 cm³/mol. The molecule has 16 heavy (non-hydrogen) atoms. The normalized spacial score (nSPS) is 20.4. The maximum Gasteiger partial charge on any atom is 0.222 e. The van der Waals surface area contributed by atoms with Gasteiger partial charge in [0.25, 0.3) is 0 Å². The van der Waals surface area contributed by atoms with E-state index in [0.29, 0.717) is 5.91 Å². The van der Waals surface area contributed by atoms with Crippen LogP contribution in [-0.4, -0.2) is 29.9 Å². The first-order valence-corrected chi connectivity index (χ1v) is 6.77. The second-order valence-electron chi connectivity index (χ2n) is 4.91. The first kappa shape index (κ1) is 13.5. The predicted octanol–water partition coefficient (Wildman–Crippen LogP) is 2.30. The zero-order chi connectivity index (χ0) is 11.8. The molecule has 3 heteroatoms. The third-order valence-corrected chi connectivity index (χ3v) is 3.32. The van der Waals surface area contributed by atoms with Gasteiger partial charge in [-0.25, -0.2) is 0 Å². The lowest BCUT2D eigenvalue weighted by Crippen LogP contribution is -2.31. The molecule has 3 nitrogen and oxygen atoms in total. The third kappa shape index (κ3) is 4.97. The highest BCUT2D eigenvalue weighted by Gasteiger charge is 2.22. The van der Waals surface area contributed by atoms with Crippen molar-refractivity contribution in [1.82, 2.24) is 4.90 Å². The van der Waals surface area contributed by atoms with Gasteiger partial charge in [-0.2, -0.15) is 0 Å². The lowest BCUT2D eigenvalue weighted by atomic mass is 10.1. The van der Waals surface area contributed by atoms with E-state index in [9.17, 15) is 4.79 Å². The van der Waals surface area contributed by atoms with Crippen molar-refractivity contribution in [3.63, 3.8) is 0 Å². The Labute approximate surface area is 99.4 Å². The van der Waals surface area contributed by atoms with E-state index in [0.717, 1.165) is 32.4 Å². The summed E-state index contributed by atoms with van der Waals surface area (Å²) in [6.07, 6.45) is 9.15. The molecule has 1 aliphatic rings. The summed E-state index contributed by atoms with van der Waals surface area (Å²) in [5.74, 6) is 0.309. The minimum atomic E-state index is 0.216. The van der Waals surface area contributed by atoms with E-state index in [4.69, 9.17) is 5.73 Å². The Hall–Kier alpha value is -0.570. The van der Waals surface area contributed by atoms with Gasteiger partial charge in [-0.05, 0) is 12.8 Å². The minimum absolute atomic E-state index is 0.216. The summed E-state index contributed by atoms with van der Waals surface area (Å²) in [4.78, 5) is 13.7. The number of nitrogens with zero attached hydrogens (tertiary/aromatic N) is 1. The Bertz CT molecular complexity index is 206. The first-order valence-electron chi connectivity index (χ1n) is 6.77. The Morgan fingerprint density at radius 3 is 2.56 bits per heavy atom. The molecule has 1 aliphatic heterocycles. The van der Waals surface area contributed by atoms with E-state index in [1.807, 2.05) is 4.90 Å². The third-order valence-electron chi connectivity index (χ3n) is 3.32. The molecule has 0 spiro atoms. The molecule has 1 saturated heterocycles. The van der Waals surface area contributed by atoms with Crippen molar-refractivity contribution in [2.75, 3.05) is 13.1 Å². The number of unbranched alkanes of at least 4 members (excludes halogenated alkanes) is 5. The number of amides is 1. The molecule has 94 valence electrons. The quantitative estimate of drug-likeness (QED) is 0.677. The molecular weight excluding hydrogens is 200 g/mol. The van der Waals surface area contributed by atoms with Gasteiger partial charge in [0.2, 0.25) is 5.91 Å². The number of rotatable bonds is 7. The van der Waals surface area contributed by atoms with Crippen molar-refractivity contribution in [2.45, 2.75) is 64.3 Å². The average molecular weight is 226 g/mol. The van der Waals surface area contributed by atoms with Crippen molar-refractivity contribution < 1.29 is 4.79 Å². The Morgan fingerprint density at radius 1 is 1.25 bits per heavy atom. The Balaban J connectivity index is 1.98. The second kappa shape index (κ2) is 7.66. The SMILES string of the molecule is CCCCCCCCC(=O)N1CC[C@@H](N)C1. The molecule has 0 unspecified atom stereocenters. The van der Waals surface area contributed by atoms with Gasteiger partial charge in [-0.1, -0.05) is 39.0 Å². The number of hydrogen-bond donors (Lipinski definition) is 1. The summed E-state index contributed by atoms with van der Waals surface area (Å²) < 4.78 is 0. The van der Waals surface area contributed by atoms with Gasteiger partial charge in [0, 0.05) is 25.6 Å². The fourth-order valence-electron chi connectivity index (χ4n) is 2.23. The van der Waals surface area contributed by atoms with Crippen LogP contribution in [0, 0.1) is 0 Å². The molecule has 0 radical (unpaired) electrons. The highest BCUT2D eigenvalue weighted by molar-refractivity contribution is 5.76. The van der Waals surface area contributed by atoms with Crippen LogP contribution in [0.4, 0.5) is 0 Å². The van der Waals surface area contributed by atoms with Crippen LogP contribution in [0.15, 0.2) is 0 Å². The lowest BCUT2D eigenvalue weighted by molar-refractivity contribution is -0.130. The maximum atomic E-state index is 11.8. The second-order valence-corrected chi connectivity index (χ2v) is 4.91. The largest absolute Gasteiger partial charge is 0.341 e. The average Bonchev–Trinajstić information content (AvgIpc) is 2.70. The highest BCUT2D eigenvalue weighted by Crippen LogP contribution is 2.12. The maximum absolute atomic E-state index is 11.8. The van der Waals surface area contributed by atoms with Crippen molar-refractivity contribution in [1.29, 1.82) is 0 Å². The molecule has 0 saturated carbocycles. The van der Waals surface area contributed by atoms with Crippen molar-refractivity contribution in [3.05, 3.63) is 0 Å². The fourth-order valence-corrected chi connectivity index (χ4v) is 2.23. The summed E-state index contributed by atoms with van der Waals surface area (Å²) in [5.41, 5.74) is 5.78. The number of likely N-dealkylation sites (tertiary alicyclic amines) is 1. The number of carbonyl (C=O) groups excluding carboxylic acids is 1. The number of nitrogens with two attached hydrogens (primary N) is 1. The molecule has 0 aromatic rings. The van der Waals surface area contributed by atoms with Crippen LogP contribution in [0.5, 0.6) is 0 Å². The van der Waals surface area contributed by atoms with Gasteiger partial charge in [0.1, 0.15) is 0 Å². The van der Waals surface area contributed by atoms with Crippen LogP contribution < -0.4 is 5.73 Å². The van der Waals surface area contributed by atoms with Crippen molar-refractivity contribution in [3.8, 4) is 0 Å². The first-order chi connectivity index (χ1) is 7.74. The van der Waals surface area contributed by atoms with Gasteiger partial charge in [0.05, 0.1) is 0 Å². The summed E-state index contributed by atoms with van der Waals surface area (Å²) in [5, 5.41) is 0. The molecule has 0 aliphatic carbocycles.